The summed E-state index contributed by atoms with van der Waals surface area (Å²) in [6, 6.07) is 10.2. The van der Waals surface area contributed by atoms with Gasteiger partial charge in [-0.05, 0) is 22.9 Å². The van der Waals surface area contributed by atoms with Gasteiger partial charge in [-0.2, -0.15) is 0 Å². The highest BCUT2D eigenvalue weighted by molar-refractivity contribution is 7.20. The van der Waals surface area contributed by atoms with Crippen molar-refractivity contribution in [2.75, 3.05) is 0 Å². The van der Waals surface area contributed by atoms with Crippen LogP contribution < -0.4 is 0 Å². The summed E-state index contributed by atoms with van der Waals surface area (Å²) in [6.45, 7) is 0. The molecular weight excluding hydrogens is 160 g/mol. The Kier molecular flexibility index (Phi) is 1.57. The fourth-order valence-electron chi connectivity index (χ4n) is 0.730. The van der Waals surface area contributed by atoms with E-state index in [1.165, 1.54) is 9.75 Å². The summed E-state index contributed by atoms with van der Waals surface area (Å²) in [5.41, 5.74) is 0. The fourth-order valence-corrected chi connectivity index (χ4v) is 2.17. The summed E-state index contributed by atoms with van der Waals surface area (Å²) in [5.74, 6) is 0. The van der Waals surface area contributed by atoms with Gasteiger partial charge in [0.05, 0.1) is 9.75 Å². The molecule has 10 heavy (non-hydrogen) atoms. The van der Waals surface area contributed by atoms with E-state index in [-0.39, 0.29) is 0 Å². The van der Waals surface area contributed by atoms with Gasteiger partial charge >= 0.3 is 0 Å². The van der Waals surface area contributed by atoms with Crippen LogP contribution in [0.15, 0.2) is 22.9 Å². The first-order chi connectivity index (χ1) is 4.97. The molecule has 0 unspecified atom stereocenters. The van der Waals surface area contributed by atoms with E-state index in [4.69, 9.17) is 0 Å². The van der Waals surface area contributed by atoms with Gasteiger partial charge in [0.15, 0.2) is 0 Å². The molecule has 0 aliphatic heterocycles. The van der Waals surface area contributed by atoms with E-state index < -0.39 is 0 Å². The lowest BCUT2D eigenvalue weighted by Gasteiger charge is -1.83. The van der Waals surface area contributed by atoms with E-state index in [0.29, 0.717) is 0 Å². The van der Waals surface area contributed by atoms with Crippen LogP contribution in [0.2, 0.25) is 0 Å². The summed E-state index contributed by atoms with van der Waals surface area (Å²) >= 11 is 3.41. The first kappa shape index (κ1) is 6.13. The topological polar surface area (TPSA) is 0 Å². The number of rotatable bonds is 1. The monoisotopic (exact) mass is 164 g/mol. The van der Waals surface area contributed by atoms with Crippen molar-refractivity contribution in [2.45, 2.75) is 0 Å². The third kappa shape index (κ3) is 1.00. The summed E-state index contributed by atoms with van der Waals surface area (Å²) in [6.07, 6.45) is 0. The van der Waals surface area contributed by atoms with Crippen molar-refractivity contribution in [1.29, 1.82) is 0 Å². The summed E-state index contributed by atoms with van der Waals surface area (Å²) < 4.78 is 0. The van der Waals surface area contributed by atoms with Crippen LogP contribution in [0.25, 0.3) is 9.75 Å². The highest BCUT2D eigenvalue weighted by atomic mass is 32.1. The average Bonchev–Trinajstić information content (AvgIpc) is 2.59. The fraction of sp³-hybridized carbons (Fsp3) is 0. The van der Waals surface area contributed by atoms with Crippen molar-refractivity contribution in [3.63, 3.8) is 0 Å². The number of thiophene rings is 2. The lowest BCUT2D eigenvalue weighted by Crippen LogP contribution is -1.56. The van der Waals surface area contributed by atoms with Gasteiger partial charge in [0.25, 0.3) is 0 Å². The molecule has 0 aromatic carbocycles. The van der Waals surface area contributed by atoms with Gasteiger partial charge in [-0.15, -0.1) is 22.7 Å². The smallest absolute Gasteiger partial charge is 0.0527 e. The molecule has 0 aliphatic carbocycles. The second-order valence-electron chi connectivity index (χ2n) is 1.79. The molecule has 2 heterocycles. The first-order valence-electron chi connectivity index (χ1n) is 2.87. The zero-order valence-electron chi connectivity index (χ0n) is 5.13. The van der Waals surface area contributed by atoms with Crippen molar-refractivity contribution < 1.29 is 0 Å². The molecule has 2 heteroatoms. The third-order valence-electron chi connectivity index (χ3n) is 1.14. The van der Waals surface area contributed by atoms with Crippen LogP contribution >= 0.6 is 22.7 Å². The minimum absolute atomic E-state index is 1.19. The molecule has 0 N–H and O–H groups in total. The van der Waals surface area contributed by atoms with E-state index in [9.17, 15) is 0 Å². The van der Waals surface area contributed by atoms with Gasteiger partial charge in [-0.25, -0.2) is 0 Å². The van der Waals surface area contributed by atoms with Crippen LogP contribution in [0.4, 0.5) is 0 Å². The van der Waals surface area contributed by atoms with Crippen molar-refractivity contribution in [3.05, 3.63) is 35.0 Å². The molecule has 0 amide bonds. The largest absolute Gasteiger partial charge is 0.142 e. The first-order valence-corrected chi connectivity index (χ1v) is 4.63. The van der Waals surface area contributed by atoms with Crippen LogP contribution in [-0.4, -0.2) is 0 Å². The molecule has 0 atom stereocenters. The van der Waals surface area contributed by atoms with Crippen LogP contribution in [0, 0.1) is 12.1 Å². The average molecular weight is 164 g/mol. The Morgan fingerprint density at radius 2 is 1.40 bits per heavy atom. The summed E-state index contributed by atoms with van der Waals surface area (Å²) in [4.78, 5) is 2.38. The Labute approximate surface area is 67.8 Å². The standard InChI is InChI=1S/C8H4S2/c1-3-7(9-5-1)8-4-2-6-10-8/h1-2,5-6H. The Hall–Kier alpha value is -0.600. The van der Waals surface area contributed by atoms with Gasteiger partial charge in [0, 0.05) is 12.1 Å². The normalized spacial score (nSPS) is 10.0. The van der Waals surface area contributed by atoms with Crippen molar-refractivity contribution >= 4 is 22.7 Å². The lowest BCUT2D eigenvalue weighted by atomic mass is 10.4. The molecule has 0 fully saturated rings. The van der Waals surface area contributed by atoms with Crippen LogP contribution in [0.1, 0.15) is 0 Å². The zero-order valence-corrected chi connectivity index (χ0v) is 6.76. The van der Waals surface area contributed by atoms with E-state index in [2.05, 4.69) is 12.1 Å². The van der Waals surface area contributed by atoms with Gasteiger partial charge in [0.1, 0.15) is 0 Å². The second kappa shape index (κ2) is 2.56. The van der Waals surface area contributed by atoms with E-state index in [1.807, 2.05) is 22.9 Å². The second-order valence-corrected chi connectivity index (χ2v) is 3.62. The SMILES string of the molecule is [c]1ccsc1-c1[c]ccs1. The van der Waals surface area contributed by atoms with E-state index in [0.717, 1.165) is 0 Å². The highest BCUT2D eigenvalue weighted by Crippen LogP contribution is 2.27. The summed E-state index contributed by atoms with van der Waals surface area (Å²) in [5, 5.41) is 4.06. The Balaban J connectivity index is 2.48. The summed E-state index contributed by atoms with van der Waals surface area (Å²) in [7, 11) is 0. The molecule has 0 bridgehead atoms. The molecule has 0 nitrogen and oxygen atoms in total. The van der Waals surface area contributed by atoms with Gasteiger partial charge in [-0.3, -0.25) is 0 Å². The van der Waals surface area contributed by atoms with Crippen LogP contribution in [-0.2, 0) is 0 Å². The quantitative estimate of drug-likeness (QED) is 0.607. The molecule has 2 aromatic heterocycles. The third-order valence-corrected chi connectivity index (χ3v) is 2.93. The Morgan fingerprint density at radius 3 is 1.70 bits per heavy atom. The van der Waals surface area contributed by atoms with E-state index >= 15 is 0 Å². The lowest BCUT2D eigenvalue weighted by molar-refractivity contribution is 1.89. The Morgan fingerprint density at radius 1 is 0.900 bits per heavy atom. The van der Waals surface area contributed by atoms with Crippen molar-refractivity contribution in [3.8, 4) is 9.75 Å². The van der Waals surface area contributed by atoms with Gasteiger partial charge in [0.2, 0.25) is 0 Å². The van der Waals surface area contributed by atoms with Gasteiger partial charge in [-0.1, -0.05) is 0 Å². The number of hydrogen-bond donors (Lipinski definition) is 0. The molecule has 0 spiro atoms. The maximum atomic E-state index is 3.14. The molecular formula is C8H4S2. The van der Waals surface area contributed by atoms with Crippen LogP contribution in [0.5, 0.6) is 0 Å². The molecule has 48 valence electrons. The molecule has 0 aliphatic rings. The van der Waals surface area contributed by atoms with Crippen molar-refractivity contribution in [1.82, 2.24) is 0 Å². The predicted octanol–water partition coefficient (Wildman–Crippen LogP) is 3.08. The minimum Gasteiger partial charge on any atom is -0.142 e. The number of hydrogen-bond acceptors (Lipinski definition) is 2. The molecule has 0 saturated heterocycles. The van der Waals surface area contributed by atoms with Crippen LogP contribution in [0.3, 0.4) is 0 Å². The van der Waals surface area contributed by atoms with E-state index in [1.54, 1.807) is 22.7 Å². The highest BCUT2D eigenvalue weighted by Gasteiger charge is 1.97. The maximum Gasteiger partial charge on any atom is 0.0527 e. The molecule has 2 radical (unpaired) electrons. The molecule has 2 rings (SSSR count). The van der Waals surface area contributed by atoms with Crippen molar-refractivity contribution in [2.24, 2.45) is 0 Å². The minimum atomic E-state index is 1.19. The predicted molar refractivity (Wildman–Crippen MR) is 45.3 cm³/mol. The zero-order chi connectivity index (χ0) is 6.81. The molecule has 0 saturated carbocycles. The Bertz CT molecular complexity index is 247. The van der Waals surface area contributed by atoms with Gasteiger partial charge < -0.3 is 0 Å². The molecule has 2 aromatic rings. The maximum absolute atomic E-state index is 3.14.